The summed E-state index contributed by atoms with van der Waals surface area (Å²) in [4.78, 5) is 39.8. The highest BCUT2D eigenvalue weighted by atomic mass is 19.1. The monoisotopic (exact) mass is 619 g/mol. The molecule has 3 amide bonds. The zero-order chi connectivity index (χ0) is 32.8. The molecule has 0 radical (unpaired) electrons. The minimum Gasteiger partial charge on any atom is -0.490 e. The van der Waals surface area contributed by atoms with Crippen LogP contribution in [0.4, 0.5) is 9.18 Å². The van der Waals surface area contributed by atoms with Crippen LogP contribution in [0, 0.1) is 25.6 Å². The number of hydrogen-bond acceptors (Lipinski definition) is 6. The van der Waals surface area contributed by atoms with Crippen molar-refractivity contribution in [3.05, 3.63) is 75.5 Å². The number of amides is 3. The highest BCUT2D eigenvalue weighted by Gasteiger charge is 2.44. The number of ether oxygens (including phenoxy) is 2. The lowest BCUT2D eigenvalue weighted by Gasteiger charge is -2.33. The number of urea groups is 1. The molecule has 1 aliphatic heterocycles. The molecule has 1 saturated heterocycles. The molecule has 2 heterocycles. The number of halogens is 1. The van der Waals surface area contributed by atoms with E-state index in [1.54, 1.807) is 53.1 Å². The van der Waals surface area contributed by atoms with E-state index in [1.165, 1.54) is 27.7 Å². The first-order valence-electron chi connectivity index (χ1n) is 15.5. The van der Waals surface area contributed by atoms with Gasteiger partial charge in [-0.05, 0) is 100 Å². The molecule has 0 spiro atoms. The van der Waals surface area contributed by atoms with E-state index in [2.05, 4.69) is 5.32 Å². The van der Waals surface area contributed by atoms with Gasteiger partial charge < -0.3 is 24.5 Å². The number of imide groups is 1. The summed E-state index contributed by atoms with van der Waals surface area (Å²) in [5.74, 6) is 0.796. The smallest absolute Gasteiger partial charge is 0.325 e. The van der Waals surface area contributed by atoms with Crippen LogP contribution in [0.5, 0.6) is 17.2 Å². The number of carbonyl (C=O) groups is 2. The number of aliphatic hydroxyl groups is 1. The Labute approximate surface area is 263 Å². The maximum atomic E-state index is 14.1. The first kappa shape index (κ1) is 32.2. The number of nitrogens with one attached hydrogen (secondary N) is 1. The molecule has 2 fully saturated rings. The van der Waals surface area contributed by atoms with Crippen molar-refractivity contribution in [3.8, 4) is 28.4 Å². The molecule has 2 N–H and O–H groups in total. The van der Waals surface area contributed by atoms with Gasteiger partial charge in [0.15, 0.2) is 0 Å². The summed E-state index contributed by atoms with van der Waals surface area (Å²) in [6, 6.07) is 8.55. The van der Waals surface area contributed by atoms with Gasteiger partial charge in [0.2, 0.25) is 0 Å². The van der Waals surface area contributed by atoms with E-state index in [9.17, 15) is 23.9 Å². The second-order valence-electron chi connectivity index (χ2n) is 13.2. The number of rotatable bonds is 8. The van der Waals surface area contributed by atoms with E-state index < -0.39 is 11.6 Å². The number of hydrogen-bond donors (Lipinski definition) is 2. The van der Waals surface area contributed by atoms with Crippen molar-refractivity contribution in [3.63, 3.8) is 0 Å². The molecular formula is C35H42FN3O6. The Bertz CT molecular complexity index is 1660. The van der Waals surface area contributed by atoms with Gasteiger partial charge in [0.05, 0.1) is 11.7 Å². The zero-order valence-electron chi connectivity index (χ0n) is 26.9. The van der Waals surface area contributed by atoms with Crippen LogP contribution in [-0.4, -0.2) is 44.7 Å². The third-order valence-corrected chi connectivity index (χ3v) is 8.77. The summed E-state index contributed by atoms with van der Waals surface area (Å²) >= 11 is 0. The van der Waals surface area contributed by atoms with Crippen molar-refractivity contribution in [1.29, 1.82) is 0 Å². The van der Waals surface area contributed by atoms with Gasteiger partial charge in [-0.15, -0.1) is 0 Å². The molecule has 0 unspecified atom stereocenters. The van der Waals surface area contributed by atoms with Crippen molar-refractivity contribution in [1.82, 2.24) is 14.8 Å². The van der Waals surface area contributed by atoms with E-state index in [0.29, 0.717) is 70.7 Å². The van der Waals surface area contributed by atoms with Gasteiger partial charge in [-0.1, -0.05) is 19.9 Å². The SMILES string of the molecule is Cc1cc(F)cc(C)c1Oc1ccc(C(C)(C)O)cc1-c1cn(C)c(=O)cc1O[C@H]1CC[C@H](N2C(=O)N[C@H](C(C)C)C2=O)CC1. The van der Waals surface area contributed by atoms with Gasteiger partial charge in [0.1, 0.15) is 29.1 Å². The minimum absolute atomic E-state index is 0.00454. The molecule has 1 atom stereocenters. The lowest BCUT2D eigenvalue weighted by molar-refractivity contribution is -0.130. The van der Waals surface area contributed by atoms with E-state index in [0.717, 1.165) is 0 Å². The first-order chi connectivity index (χ1) is 21.1. The Morgan fingerprint density at radius 1 is 0.956 bits per heavy atom. The van der Waals surface area contributed by atoms with E-state index in [-0.39, 0.29) is 41.4 Å². The minimum atomic E-state index is -1.16. The van der Waals surface area contributed by atoms with Crippen molar-refractivity contribution in [2.45, 2.75) is 91.0 Å². The second kappa shape index (κ2) is 12.3. The van der Waals surface area contributed by atoms with Crippen molar-refractivity contribution >= 4 is 11.9 Å². The highest BCUT2D eigenvalue weighted by molar-refractivity contribution is 6.04. The van der Waals surface area contributed by atoms with Crippen LogP contribution in [0.1, 0.15) is 70.1 Å². The van der Waals surface area contributed by atoms with Gasteiger partial charge in [0, 0.05) is 36.5 Å². The quantitative estimate of drug-likeness (QED) is 0.295. The zero-order valence-corrected chi connectivity index (χ0v) is 26.9. The van der Waals surface area contributed by atoms with Crippen LogP contribution >= 0.6 is 0 Å². The molecule has 45 heavy (non-hydrogen) atoms. The number of nitrogens with zero attached hydrogens (tertiary/aromatic N) is 2. The molecule has 1 aliphatic carbocycles. The fraction of sp³-hybridized carbons (Fsp3) is 0.457. The molecule has 9 nitrogen and oxygen atoms in total. The van der Waals surface area contributed by atoms with Crippen LogP contribution in [0.2, 0.25) is 0 Å². The van der Waals surface area contributed by atoms with Gasteiger partial charge in [-0.25, -0.2) is 9.18 Å². The molecule has 10 heteroatoms. The Morgan fingerprint density at radius 2 is 1.60 bits per heavy atom. The van der Waals surface area contributed by atoms with Gasteiger partial charge in [-0.3, -0.25) is 14.5 Å². The fourth-order valence-electron chi connectivity index (χ4n) is 6.20. The molecule has 1 saturated carbocycles. The summed E-state index contributed by atoms with van der Waals surface area (Å²) in [5.41, 5.74) is 1.65. The van der Waals surface area contributed by atoms with E-state index >= 15 is 0 Å². The van der Waals surface area contributed by atoms with Crippen molar-refractivity contribution in [2.24, 2.45) is 13.0 Å². The molecule has 1 aromatic heterocycles. The third-order valence-electron chi connectivity index (χ3n) is 8.77. The Morgan fingerprint density at radius 3 is 2.18 bits per heavy atom. The molecular weight excluding hydrogens is 577 g/mol. The first-order valence-corrected chi connectivity index (χ1v) is 15.5. The average Bonchev–Trinajstić information content (AvgIpc) is 3.26. The fourth-order valence-corrected chi connectivity index (χ4v) is 6.20. The van der Waals surface area contributed by atoms with Crippen LogP contribution in [-0.2, 0) is 17.4 Å². The number of aryl methyl sites for hydroxylation is 3. The van der Waals surface area contributed by atoms with Crippen molar-refractivity contribution < 1.29 is 28.6 Å². The maximum Gasteiger partial charge on any atom is 0.325 e. The number of carbonyl (C=O) groups excluding carboxylic acids is 2. The second-order valence-corrected chi connectivity index (χ2v) is 13.2. The topological polar surface area (TPSA) is 110 Å². The van der Waals surface area contributed by atoms with Crippen LogP contribution in [0.3, 0.4) is 0 Å². The summed E-state index contributed by atoms with van der Waals surface area (Å²) < 4.78 is 28.4. The Balaban J connectivity index is 1.47. The predicted octanol–water partition coefficient (Wildman–Crippen LogP) is 6.09. The largest absolute Gasteiger partial charge is 0.490 e. The normalized spacial score (nSPS) is 20.5. The number of pyridine rings is 1. The summed E-state index contributed by atoms with van der Waals surface area (Å²) in [6.07, 6.45) is 3.77. The van der Waals surface area contributed by atoms with E-state index in [4.69, 9.17) is 9.47 Å². The number of aromatic nitrogens is 1. The standard InChI is InChI=1S/C35H42FN3O6/c1-19(2)31-33(41)39(34(42)37-31)24-9-11-25(12-10-24)44-29-17-30(40)38(7)18-27(29)26-16-22(35(5,6)43)8-13-28(26)45-32-20(3)14-23(36)15-21(32)4/h8,13-19,24-25,31,43H,9-12H2,1-7H3,(H,37,42)/t24-,25-,31-/m1/s1. The molecule has 0 bridgehead atoms. The van der Waals surface area contributed by atoms with Crippen LogP contribution in [0.25, 0.3) is 11.1 Å². The lowest BCUT2D eigenvalue weighted by atomic mass is 9.91. The molecule has 240 valence electrons. The summed E-state index contributed by atoms with van der Waals surface area (Å²) in [5, 5.41) is 13.7. The predicted molar refractivity (Wildman–Crippen MR) is 169 cm³/mol. The van der Waals surface area contributed by atoms with Gasteiger partial charge >= 0.3 is 6.03 Å². The highest BCUT2D eigenvalue weighted by Crippen LogP contribution is 2.42. The lowest BCUT2D eigenvalue weighted by Crippen LogP contribution is -2.44. The van der Waals surface area contributed by atoms with E-state index in [1.807, 2.05) is 19.9 Å². The van der Waals surface area contributed by atoms with Crippen LogP contribution in [0.15, 0.2) is 47.4 Å². The molecule has 3 aromatic rings. The van der Waals surface area contributed by atoms with Crippen LogP contribution < -0.4 is 20.3 Å². The number of benzene rings is 2. The van der Waals surface area contributed by atoms with Crippen molar-refractivity contribution in [2.75, 3.05) is 0 Å². The summed E-state index contributed by atoms with van der Waals surface area (Å²) in [7, 11) is 1.65. The molecule has 5 rings (SSSR count). The third kappa shape index (κ3) is 6.61. The maximum absolute atomic E-state index is 14.1. The van der Waals surface area contributed by atoms with Gasteiger partial charge in [-0.2, -0.15) is 0 Å². The average molecular weight is 620 g/mol. The molecule has 2 aliphatic rings. The molecule has 2 aromatic carbocycles. The Kier molecular flexibility index (Phi) is 8.81. The Hall–Kier alpha value is -4.18. The summed E-state index contributed by atoms with van der Waals surface area (Å²) in [6.45, 7) is 10.7. The van der Waals surface area contributed by atoms with Gasteiger partial charge in [0.25, 0.3) is 11.5 Å².